The zero-order valence-corrected chi connectivity index (χ0v) is 19.7. The average Bonchev–Trinajstić information content (AvgIpc) is 3.31. The zero-order valence-electron chi connectivity index (χ0n) is 18.9. The van der Waals surface area contributed by atoms with Gasteiger partial charge in [-0.1, -0.05) is 0 Å². The van der Waals surface area contributed by atoms with Crippen molar-refractivity contribution in [3.05, 3.63) is 41.2 Å². The standard InChI is InChI=1S/C23H23F3N6O2S/c1-15(33)31-7-4-22(5-8-31)13-32(14-22)20-11-19(29-21(30-20)16-3-9-35-12-16)28-18-10-17(2-6-27-18)34-23(24,25)26/h2-3,6,9-12H,4-5,7-8,13-14H2,1H3,(H,27,28,29,30). The summed E-state index contributed by atoms with van der Waals surface area (Å²) in [4.78, 5) is 29.1. The maximum Gasteiger partial charge on any atom is 0.573 e. The van der Waals surface area contributed by atoms with Gasteiger partial charge in [0.25, 0.3) is 0 Å². The molecule has 3 aromatic rings. The number of anilines is 3. The van der Waals surface area contributed by atoms with E-state index in [0.717, 1.165) is 56.5 Å². The molecule has 0 aromatic carbocycles. The number of pyridine rings is 1. The lowest BCUT2D eigenvalue weighted by atomic mass is 9.72. The van der Waals surface area contributed by atoms with Crippen LogP contribution in [0, 0.1) is 5.41 Å². The van der Waals surface area contributed by atoms with Crippen LogP contribution in [-0.2, 0) is 4.79 Å². The van der Waals surface area contributed by atoms with Crippen molar-refractivity contribution in [2.75, 3.05) is 36.4 Å². The lowest BCUT2D eigenvalue weighted by Gasteiger charge is -2.54. The van der Waals surface area contributed by atoms with Gasteiger partial charge in [0.05, 0.1) is 0 Å². The molecule has 12 heteroatoms. The number of carbonyl (C=O) groups excluding carboxylic acids is 1. The molecule has 8 nitrogen and oxygen atoms in total. The molecule has 0 saturated carbocycles. The van der Waals surface area contributed by atoms with Gasteiger partial charge in [0.15, 0.2) is 5.82 Å². The molecule has 0 unspecified atom stereocenters. The summed E-state index contributed by atoms with van der Waals surface area (Å²) < 4.78 is 41.8. The average molecular weight is 505 g/mol. The highest BCUT2D eigenvalue weighted by atomic mass is 32.1. The summed E-state index contributed by atoms with van der Waals surface area (Å²) in [5, 5.41) is 6.86. The number of carbonyl (C=O) groups is 1. The van der Waals surface area contributed by atoms with E-state index in [9.17, 15) is 18.0 Å². The van der Waals surface area contributed by atoms with E-state index in [1.807, 2.05) is 21.7 Å². The van der Waals surface area contributed by atoms with Crippen molar-refractivity contribution in [3.8, 4) is 17.1 Å². The van der Waals surface area contributed by atoms with Crippen molar-refractivity contribution in [3.63, 3.8) is 0 Å². The summed E-state index contributed by atoms with van der Waals surface area (Å²) in [6.07, 6.45) is -1.65. The summed E-state index contributed by atoms with van der Waals surface area (Å²) in [5.41, 5.74) is 1.02. The van der Waals surface area contributed by atoms with Gasteiger partial charge in [-0.15, -0.1) is 13.2 Å². The van der Waals surface area contributed by atoms with Crippen LogP contribution in [0.25, 0.3) is 11.4 Å². The number of nitrogens with zero attached hydrogens (tertiary/aromatic N) is 5. The fraction of sp³-hybridized carbons (Fsp3) is 0.391. The monoisotopic (exact) mass is 504 g/mol. The number of piperidine rings is 1. The van der Waals surface area contributed by atoms with Crippen molar-refractivity contribution >= 4 is 34.7 Å². The highest BCUT2D eigenvalue weighted by molar-refractivity contribution is 7.08. The molecule has 2 aliphatic rings. The Morgan fingerprint density at radius 3 is 2.57 bits per heavy atom. The number of alkyl halides is 3. The SMILES string of the molecule is CC(=O)N1CCC2(CC1)CN(c1cc(Nc3cc(OC(F)(F)F)ccn3)nc(-c3ccsc3)n1)C2. The maximum absolute atomic E-state index is 12.6. The van der Waals surface area contributed by atoms with E-state index in [-0.39, 0.29) is 22.9 Å². The Kier molecular flexibility index (Phi) is 5.99. The van der Waals surface area contributed by atoms with Crippen molar-refractivity contribution in [1.82, 2.24) is 19.9 Å². The van der Waals surface area contributed by atoms with Crippen molar-refractivity contribution in [2.24, 2.45) is 5.41 Å². The van der Waals surface area contributed by atoms with Gasteiger partial charge in [-0.05, 0) is 30.4 Å². The Morgan fingerprint density at radius 1 is 1.14 bits per heavy atom. The summed E-state index contributed by atoms with van der Waals surface area (Å²) in [7, 11) is 0. The first-order valence-corrected chi connectivity index (χ1v) is 12.0. The third-order valence-electron chi connectivity index (χ3n) is 6.36. The van der Waals surface area contributed by atoms with E-state index in [2.05, 4.69) is 24.9 Å². The quantitative estimate of drug-likeness (QED) is 0.540. The van der Waals surface area contributed by atoms with Gasteiger partial charge in [-0.3, -0.25) is 4.79 Å². The predicted molar refractivity (Wildman–Crippen MR) is 126 cm³/mol. The first-order chi connectivity index (χ1) is 16.7. The minimum Gasteiger partial charge on any atom is -0.406 e. The number of hydrogen-bond acceptors (Lipinski definition) is 8. The van der Waals surface area contributed by atoms with Crippen LogP contribution in [0.3, 0.4) is 0 Å². The second kappa shape index (κ2) is 8.99. The Bertz CT molecular complexity index is 1200. The van der Waals surface area contributed by atoms with Crippen LogP contribution in [0.2, 0.25) is 0 Å². The van der Waals surface area contributed by atoms with Gasteiger partial charge in [0.2, 0.25) is 5.91 Å². The molecule has 1 amide bonds. The molecule has 5 heterocycles. The van der Waals surface area contributed by atoms with E-state index in [1.54, 1.807) is 13.0 Å². The molecular weight excluding hydrogens is 481 g/mol. The van der Waals surface area contributed by atoms with Crippen molar-refractivity contribution < 1.29 is 22.7 Å². The van der Waals surface area contributed by atoms with Gasteiger partial charge >= 0.3 is 6.36 Å². The molecule has 2 saturated heterocycles. The van der Waals surface area contributed by atoms with E-state index >= 15 is 0 Å². The minimum atomic E-state index is -4.79. The smallest absolute Gasteiger partial charge is 0.406 e. The largest absolute Gasteiger partial charge is 0.573 e. The van der Waals surface area contributed by atoms with Crippen LogP contribution in [0.5, 0.6) is 5.75 Å². The molecule has 1 spiro atoms. The van der Waals surface area contributed by atoms with Gasteiger partial charge in [0.1, 0.15) is 23.2 Å². The molecule has 5 rings (SSSR count). The van der Waals surface area contributed by atoms with Crippen molar-refractivity contribution in [1.29, 1.82) is 0 Å². The third-order valence-corrected chi connectivity index (χ3v) is 7.04. The van der Waals surface area contributed by atoms with Crippen LogP contribution >= 0.6 is 11.3 Å². The number of halogens is 3. The van der Waals surface area contributed by atoms with Crippen LogP contribution in [0.1, 0.15) is 19.8 Å². The Balaban J connectivity index is 1.36. The molecule has 3 aromatic heterocycles. The van der Waals surface area contributed by atoms with Gasteiger partial charge in [-0.2, -0.15) is 11.3 Å². The normalized spacial score (nSPS) is 17.3. The Hall–Kier alpha value is -3.41. The first kappa shape index (κ1) is 23.3. The zero-order chi connectivity index (χ0) is 24.6. The fourth-order valence-electron chi connectivity index (χ4n) is 4.53. The molecule has 35 heavy (non-hydrogen) atoms. The second-order valence-electron chi connectivity index (χ2n) is 8.86. The molecule has 2 fully saturated rings. The van der Waals surface area contributed by atoms with Gasteiger partial charge in [0, 0.05) is 67.8 Å². The van der Waals surface area contributed by atoms with Crippen LogP contribution in [0.15, 0.2) is 41.2 Å². The van der Waals surface area contributed by atoms with Crippen LogP contribution in [-0.4, -0.2) is 58.3 Å². The topological polar surface area (TPSA) is 83.5 Å². The van der Waals surface area contributed by atoms with Crippen LogP contribution < -0.4 is 15.0 Å². The number of ether oxygens (including phenoxy) is 1. The number of thiophene rings is 1. The molecule has 0 aliphatic carbocycles. The number of rotatable bonds is 5. The molecule has 0 bridgehead atoms. The second-order valence-corrected chi connectivity index (χ2v) is 9.64. The molecule has 0 radical (unpaired) electrons. The van der Waals surface area contributed by atoms with Gasteiger partial charge in [-0.25, -0.2) is 15.0 Å². The number of aromatic nitrogens is 3. The molecule has 2 aliphatic heterocycles. The van der Waals surface area contributed by atoms with Crippen molar-refractivity contribution in [2.45, 2.75) is 26.1 Å². The lowest BCUT2D eigenvalue weighted by Crippen LogP contribution is -2.61. The summed E-state index contributed by atoms with van der Waals surface area (Å²) >= 11 is 1.52. The van der Waals surface area contributed by atoms with Gasteiger partial charge < -0.3 is 19.9 Å². The number of amides is 1. The summed E-state index contributed by atoms with van der Waals surface area (Å²) in [6.45, 7) is 4.78. The Labute approximate surface area is 203 Å². The highest BCUT2D eigenvalue weighted by Crippen LogP contribution is 2.43. The summed E-state index contributed by atoms with van der Waals surface area (Å²) in [5.74, 6) is 1.57. The molecular formula is C23H23F3N6O2S. The van der Waals surface area contributed by atoms with E-state index in [1.165, 1.54) is 23.6 Å². The molecule has 0 atom stereocenters. The predicted octanol–water partition coefficient (Wildman–Crippen LogP) is 4.69. The van der Waals surface area contributed by atoms with E-state index in [4.69, 9.17) is 4.98 Å². The third kappa shape index (κ3) is 5.31. The van der Waals surface area contributed by atoms with E-state index in [0.29, 0.717) is 11.6 Å². The lowest BCUT2D eigenvalue weighted by molar-refractivity contribution is -0.274. The highest BCUT2D eigenvalue weighted by Gasteiger charge is 2.45. The Morgan fingerprint density at radius 2 is 1.91 bits per heavy atom. The minimum absolute atomic E-state index is 0.112. The number of hydrogen-bond donors (Lipinski definition) is 1. The molecule has 184 valence electrons. The first-order valence-electron chi connectivity index (χ1n) is 11.1. The summed E-state index contributed by atoms with van der Waals surface area (Å²) in [6, 6.07) is 5.99. The fourth-order valence-corrected chi connectivity index (χ4v) is 5.16. The number of nitrogens with one attached hydrogen (secondary N) is 1. The maximum atomic E-state index is 12.6. The van der Waals surface area contributed by atoms with E-state index < -0.39 is 6.36 Å². The molecule has 1 N–H and O–H groups in total. The number of likely N-dealkylation sites (tertiary alicyclic amines) is 1. The van der Waals surface area contributed by atoms with Crippen LogP contribution in [0.4, 0.5) is 30.6 Å².